The van der Waals surface area contributed by atoms with E-state index in [0.29, 0.717) is 21.8 Å². The summed E-state index contributed by atoms with van der Waals surface area (Å²) in [7, 11) is 0. The van der Waals surface area contributed by atoms with Gasteiger partial charge in [-0.15, -0.1) is 0 Å². The normalized spacial score (nSPS) is 16.1. The molecule has 26 heavy (non-hydrogen) atoms. The number of amides is 1. The summed E-state index contributed by atoms with van der Waals surface area (Å²) in [6.45, 7) is 3.81. The average Bonchev–Trinajstić information content (AvgIpc) is 2.68. The molecule has 0 unspecified atom stereocenters. The number of carbonyl (C=O) groups is 2. The first-order chi connectivity index (χ1) is 12.6. The minimum atomic E-state index is -0.214. The Morgan fingerprint density at radius 3 is 2.35 bits per heavy atom. The van der Waals surface area contributed by atoms with Crippen LogP contribution in [0.1, 0.15) is 42.1 Å². The zero-order chi connectivity index (χ0) is 18.5. The molecule has 0 aliphatic carbocycles. The van der Waals surface area contributed by atoms with Gasteiger partial charge in [0.1, 0.15) is 0 Å². The van der Waals surface area contributed by atoms with E-state index in [-0.39, 0.29) is 17.7 Å². The van der Waals surface area contributed by atoms with Crippen molar-refractivity contribution in [3.8, 4) is 0 Å². The Hall–Kier alpha value is -2.17. The van der Waals surface area contributed by atoms with Gasteiger partial charge in [-0.2, -0.15) is 0 Å². The molecule has 1 atom stereocenters. The summed E-state index contributed by atoms with van der Waals surface area (Å²) in [6, 6.07) is 13.7. The van der Waals surface area contributed by atoms with E-state index in [1.165, 1.54) is 6.42 Å². The molecule has 2 aromatic rings. The number of piperidine rings is 1. The lowest BCUT2D eigenvalue weighted by Gasteiger charge is -2.31. The number of hydrogen-bond acceptors (Lipinski definition) is 3. The number of rotatable bonds is 5. The Morgan fingerprint density at radius 1 is 1.00 bits per heavy atom. The zero-order valence-electron chi connectivity index (χ0n) is 14.9. The third kappa shape index (κ3) is 4.32. The van der Waals surface area contributed by atoms with Crippen molar-refractivity contribution in [2.24, 2.45) is 0 Å². The van der Waals surface area contributed by atoms with E-state index in [2.05, 4.69) is 10.2 Å². The van der Waals surface area contributed by atoms with Crippen LogP contribution in [-0.4, -0.2) is 35.7 Å². The molecule has 0 aromatic heterocycles. The highest BCUT2D eigenvalue weighted by atomic mass is 35.5. The van der Waals surface area contributed by atoms with Gasteiger partial charge in [0, 0.05) is 16.1 Å². The minimum absolute atomic E-state index is 0.0803. The maximum Gasteiger partial charge on any atom is 0.241 e. The van der Waals surface area contributed by atoms with E-state index in [1.54, 1.807) is 42.5 Å². The van der Waals surface area contributed by atoms with Crippen molar-refractivity contribution in [2.45, 2.75) is 32.2 Å². The lowest BCUT2D eigenvalue weighted by Crippen LogP contribution is -2.44. The van der Waals surface area contributed by atoms with Crippen molar-refractivity contribution in [1.82, 2.24) is 4.90 Å². The summed E-state index contributed by atoms with van der Waals surface area (Å²) in [5, 5.41) is 3.52. The van der Waals surface area contributed by atoms with Crippen molar-refractivity contribution >= 4 is 29.0 Å². The number of likely N-dealkylation sites (tertiary alicyclic amines) is 1. The van der Waals surface area contributed by atoms with Crippen molar-refractivity contribution in [1.29, 1.82) is 0 Å². The number of nitrogens with one attached hydrogen (secondary N) is 1. The van der Waals surface area contributed by atoms with E-state index >= 15 is 0 Å². The van der Waals surface area contributed by atoms with Crippen LogP contribution in [0.2, 0.25) is 5.02 Å². The molecule has 0 bridgehead atoms. The molecule has 0 saturated carbocycles. The minimum Gasteiger partial charge on any atom is -0.324 e. The molecule has 1 N–H and O–H groups in total. The van der Waals surface area contributed by atoms with Crippen molar-refractivity contribution in [2.75, 3.05) is 18.4 Å². The Labute approximate surface area is 159 Å². The predicted molar refractivity (Wildman–Crippen MR) is 105 cm³/mol. The van der Waals surface area contributed by atoms with E-state index in [4.69, 9.17) is 11.6 Å². The smallest absolute Gasteiger partial charge is 0.241 e. The molecule has 1 fully saturated rings. The van der Waals surface area contributed by atoms with Gasteiger partial charge >= 0.3 is 0 Å². The van der Waals surface area contributed by atoms with Gasteiger partial charge in [0.2, 0.25) is 5.91 Å². The zero-order valence-corrected chi connectivity index (χ0v) is 15.6. The third-order valence-corrected chi connectivity index (χ3v) is 5.11. The second-order valence-electron chi connectivity index (χ2n) is 6.64. The second-order valence-corrected chi connectivity index (χ2v) is 7.08. The van der Waals surface area contributed by atoms with Gasteiger partial charge in [-0.05, 0) is 69.3 Å². The van der Waals surface area contributed by atoms with Gasteiger partial charge in [0.25, 0.3) is 0 Å². The summed E-state index contributed by atoms with van der Waals surface area (Å²) in [6.07, 6.45) is 3.48. The molecule has 1 saturated heterocycles. The highest BCUT2D eigenvalue weighted by Gasteiger charge is 2.24. The Balaban J connectivity index is 1.77. The molecule has 2 aromatic carbocycles. The molecule has 0 spiro atoms. The fourth-order valence-corrected chi connectivity index (χ4v) is 3.38. The van der Waals surface area contributed by atoms with Gasteiger partial charge in [-0.25, -0.2) is 0 Å². The van der Waals surface area contributed by atoms with Crippen molar-refractivity contribution in [3.05, 3.63) is 64.7 Å². The lowest BCUT2D eigenvalue weighted by molar-refractivity contribution is -0.121. The highest BCUT2D eigenvalue weighted by molar-refractivity contribution is 6.30. The van der Waals surface area contributed by atoms with Gasteiger partial charge in [-0.3, -0.25) is 14.5 Å². The fraction of sp³-hybridized carbons (Fsp3) is 0.333. The Kier molecular flexibility index (Phi) is 6.07. The number of benzene rings is 2. The van der Waals surface area contributed by atoms with Gasteiger partial charge in [0.05, 0.1) is 11.7 Å². The SMILES string of the molecule is C[C@H](C(=O)Nc1ccccc1C(=O)c1ccc(Cl)cc1)N1CCCCC1. The first-order valence-corrected chi connectivity index (χ1v) is 9.38. The van der Waals surface area contributed by atoms with Crippen LogP contribution in [0.5, 0.6) is 0 Å². The Morgan fingerprint density at radius 2 is 1.65 bits per heavy atom. The van der Waals surface area contributed by atoms with Crippen LogP contribution in [0.25, 0.3) is 0 Å². The number of nitrogens with zero attached hydrogens (tertiary/aromatic N) is 1. The number of ketones is 1. The first-order valence-electron chi connectivity index (χ1n) is 9.00. The fourth-order valence-electron chi connectivity index (χ4n) is 3.26. The number of anilines is 1. The summed E-state index contributed by atoms with van der Waals surface area (Å²) in [5.41, 5.74) is 1.57. The predicted octanol–water partition coefficient (Wildman–Crippen LogP) is 4.38. The van der Waals surface area contributed by atoms with E-state index in [9.17, 15) is 9.59 Å². The number of hydrogen-bond donors (Lipinski definition) is 1. The van der Waals surface area contributed by atoms with Crippen LogP contribution in [-0.2, 0) is 4.79 Å². The molecular weight excluding hydrogens is 348 g/mol. The maximum atomic E-state index is 12.8. The van der Waals surface area contributed by atoms with Crippen LogP contribution in [0.3, 0.4) is 0 Å². The molecule has 4 nitrogen and oxygen atoms in total. The molecule has 1 aliphatic heterocycles. The summed E-state index contributed by atoms with van der Waals surface area (Å²) in [4.78, 5) is 27.7. The van der Waals surface area contributed by atoms with Crippen LogP contribution in [0.15, 0.2) is 48.5 Å². The third-order valence-electron chi connectivity index (χ3n) is 4.85. The molecule has 0 radical (unpaired) electrons. The largest absolute Gasteiger partial charge is 0.324 e. The Bertz CT molecular complexity index is 783. The quantitative estimate of drug-likeness (QED) is 0.794. The van der Waals surface area contributed by atoms with Crippen LogP contribution < -0.4 is 5.32 Å². The molecule has 1 aliphatic rings. The van der Waals surface area contributed by atoms with E-state index in [1.807, 2.05) is 13.0 Å². The topological polar surface area (TPSA) is 49.4 Å². The van der Waals surface area contributed by atoms with E-state index < -0.39 is 0 Å². The van der Waals surface area contributed by atoms with Gasteiger partial charge < -0.3 is 5.32 Å². The highest BCUT2D eigenvalue weighted by Crippen LogP contribution is 2.21. The average molecular weight is 371 g/mol. The van der Waals surface area contributed by atoms with Crippen LogP contribution in [0, 0.1) is 0 Å². The van der Waals surface area contributed by atoms with Gasteiger partial charge in [-0.1, -0.05) is 30.2 Å². The number of para-hydroxylation sites is 1. The molecular formula is C21H23ClN2O2. The van der Waals surface area contributed by atoms with Crippen molar-refractivity contribution < 1.29 is 9.59 Å². The molecule has 3 rings (SSSR count). The van der Waals surface area contributed by atoms with E-state index in [0.717, 1.165) is 25.9 Å². The van der Waals surface area contributed by atoms with Gasteiger partial charge in [0.15, 0.2) is 5.78 Å². The van der Waals surface area contributed by atoms with Crippen LogP contribution in [0.4, 0.5) is 5.69 Å². The standard InChI is InChI=1S/C21H23ClN2O2/c1-15(24-13-5-2-6-14-24)21(26)23-19-8-4-3-7-18(19)20(25)16-9-11-17(22)12-10-16/h3-4,7-12,15H,2,5-6,13-14H2,1H3,(H,23,26)/t15-/m1/s1. The van der Waals surface area contributed by atoms with Crippen LogP contribution >= 0.6 is 11.6 Å². The monoisotopic (exact) mass is 370 g/mol. The molecule has 136 valence electrons. The first kappa shape index (κ1) is 18.6. The summed E-state index contributed by atoms with van der Waals surface area (Å²) >= 11 is 5.90. The number of carbonyl (C=O) groups excluding carboxylic acids is 2. The second kappa shape index (κ2) is 8.47. The molecule has 5 heteroatoms. The number of halogens is 1. The van der Waals surface area contributed by atoms with Crippen molar-refractivity contribution in [3.63, 3.8) is 0 Å². The summed E-state index contributed by atoms with van der Waals surface area (Å²) in [5.74, 6) is -0.216. The summed E-state index contributed by atoms with van der Waals surface area (Å²) < 4.78 is 0. The molecule has 1 heterocycles. The lowest BCUT2D eigenvalue weighted by atomic mass is 10.0. The molecule has 1 amide bonds. The maximum absolute atomic E-state index is 12.8.